The number of anilines is 1. The lowest BCUT2D eigenvalue weighted by molar-refractivity contribution is -0.128. The maximum atomic E-state index is 12.5. The Morgan fingerprint density at radius 3 is 2.79 bits per heavy atom. The maximum absolute atomic E-state index is 12.5. The second kappa shape index (κ2) is 11.8. The average molecular weight is 565 g/mol. The van der Waals surface area contributed by atoms with Crippen LogP contribution in [0.15, 0.2) is 55.3 Å². The van der Waals surface area contributed by atoms with Gasteiger partial charge in [0.25, 0.3) is 0 Å². The summed E-state index contributed by atoms with van der Waals surface area (Å²) in [5.74, 6) is 0.495. The van der Waals surface area contributed by atoms with Gasteiger partial charge in [0.15, 0.2) is 11.5 Å². The molecule has 10 nitrogen and oxygen atoms in total. The molecule has 0 aliphatic carbocycles. The monoisotopic (exact) mass is 564 g/mol. The normalized spacial score (nSPS) is 19.4. The Hall–Kier alpha value is -4.49. The minimum atomic E-state index is -0.277. The van der Waals surface area contributed by atoms with Crippen LogP contribution in [0.1, 0.15) is 29.7 Å². The third-order valence-electron chi connectivity index (χ3n) is 8.58. The third-order valence-corrected chi connectivity index (χ3v) is 8.58. The molecule has 0 radical (unpaired) electrons. The first-order valence-electron chi connectivity index (χ1n) is 14.5. The van der Waals surface area contributed by atoms with E-state index in [0.29, 0.717) is 56.2 Å². The van der Waals surface area contributed by atoms with Crippen LogP contribution in [0.25, 0.3) is 21.3 Å². The minimum absolute atomic E-state index is 0.158. The number of aromatic nitrogens is 4. The first-order valence-corrected chi connectivity index (χ1v) is 14.5. The van der Waals surface area contributed by atoms with E-state index in [-0.39, 0.29) is 18.5 Å². The maximum Gasteiger partial charge on any atom is 0.336 e. The van der Waals surface area contributed by atoms with Crippen LogP contribution in [-0.2, 0) is 11.2 Å². The van der Waals surface area contributed by atoms with Gasteiger partial charge in [-0.25, -0.2) is 16.1 Å². The third kappa shape index (κ3) is 5.28. The number of imidazole rings is 1. The number of benzene rings is 2. The number of likely N-dealkylation sites (tertiary alicyclic amines) is 1. The molecule has 0 spiro atoms. The topological polar surface area (TPSA) is 83.5 Å². The second-order valence-corrected chi connectivity index (χ2v) is 11.2. The summed E-state index contributed by atoms with van der Waals surface area (Å²) in [6.07, 6.45) is 6.07. The number of hydrogen-bond acceptors (Lipinski definition) is 7. The molecule has 0 unspecified atom stereocenters. The first-order chi connectivity index (χ1) is 20.5. The zero-order valence-corrected chi connectivity index (χ0v) is 24.2. The van der Waals surface area contributed by atoms with Gasteiger partial charge < -0.3 is 24.3 Å². The predicted octanol–water partition coefficient (Wildman–Crippen LogP) is 3.77. The van der Waals surface area contributed by atoms with Gasteiger partial charge in [-0.05, 0) is 61.3 Å². The van der Waals surface area contributed by atoms with Crippen molar-refractivity contribution < 1.29 is 9.53 Å². The van der Waals surface area contributed by atoms with Crippen molar-refractivity contribution in [2.24, 2.45) is 0 Å². The molecule has 2 aromatic carbocycles. The molecule has 2 aromatic heterocycles. The smallest absolute Gasteiger partial charge is 0.336 e. The Morgan fingerprint density at radius 1 is 1.19 bits per heavy atom. The minimum Gasteiger partial charge on any atom is -0.461 e. The van der Waals surface area contributed by atoms with E-state index in [9.17, 15) is 4.79 Å². The summed E-state index contributed by atoms with van der Waals surface area (Å²) in [6, 6.07) is 13.1. The van der Waals surface area contributed by atoms with Gasteiger partial charge in [-0.3, -0.25) is 4.79 Å². The van der Waals surface area contributed by atoms with Crippen LogP contribution in [0, 0.1) is 13.5 Å². The number of amides is 1. The quantitative estimate of drug-likeness (QED) is 0.238. The van der Waals surface area contributed by atoms with Crippen molar-refractivity contribution in [3.05, 3.63) is 83.5 Å². The van der Waals surface area contributed by atoms with Crippen LogP contribution >= 0.6 is 0 Å². The van der Waals surface area contributed by atoms with Crippen LogP contribution in [-0.4, -0.2) is 93.8 Å². The molecule has 2 fully saturated rings. The average Bonchev–Trinajstić information content (AvgIpc) is 3.61. The molecular weight excluding hydrogens is 528 g/mol. The number of nitrogens with zero attached hydrogens (tertiary/aromatic N) is 8. The molecule has 6 rings (SSSR count). The Morgan fingerprint density at radius 2 is 2.02 bits per heavy atom. The lowest BCUT2D eigenvalue weighted by Gasteiger charge is -2.39. The summed E-state index contributed by atoms with van der Waals surface area (Å²) in [7, 11) is 2.12. The van der Waals surface area contributed by atoms with Crippen molar-refractivity contribution in [2.75, 3.05) is 51.3 Å². The highest BCUT2D eigenvalue weighted by atomic mass is 16.5. The molecule has 0 N–H and O–H groups in total. The number of fused-ring (bicyclic) bond motifs is 2. The van der Waals surface area contributed by atoms with Crippen LogP contribution < -0.4 is 9.64 Å². The zero-order valence-electron chi connectivity index (χ0n) is 24.2. The van der Waals surface area contributed by atoms with Gasteiger partial charge in [0.05, 0.1) is 11.9 Å². The fourth-order valence-corrected chi connectivity index (χ4v) is 6.33. The van der Waals surface area contributed by atoms with Crippen LogP contribution in [0.5, 0.6) is 6.01 Å². The van der Waals surface area contributed by atoms with Crippen LogP contribution in [0.4, 0.5) is 5.82 Å². The Labute approximate surface area is 246 Å². The van der Waals surface area contributed by atoms with Gasteiger partial charge in [0.1, 0.15) is 12.6 Å². The van der Waals surface area contributed by atoms with Gasteiger partial charge in [-0.1, -0.05) is 43.0 Å². The van der Waals surface area contributed by atoms with Crippen molar-refractivity contribution in [3.8, 4) is 6.01 Å². The molecule has 4 aromatic rings. The van der Waals surface area contributed by atoms with Crippen molar-refractivity contribution in [2.45, 2.75) is 38.3 Å². The number of rotatable bonds is 8. The molecule has 2 atom stereocenters. The fourth-order valence-electron chi connectivity index (χ4n) is 6.33. The molecular formula is C32H36N8O2. The Kier molecular flexibility index (Phi) is 7.76. The fraction of sp³-hybridized carbons (Fsp3) is 0.406. The molecule has 216 valence electrons. The SMILES string of the molecule is [C-]#[N+]C[C@H]1CN(c2nc(OC[C@@H]3CCCN3C)nn3c(Cc4cccc5cccc(C)c45)cnc23)CCN1C(=O)C=C. The number of ether oxygens (including phenoxy) is 1. The van der Waals surface area contributed by atoms with Gasteiger partial charge in [-0.2, -0.15) is 4.98 Å². The zero-order chi connectivity index (χ0) is 29.2. The lowest BCUT2D eigenvalue weighted by atomic mass is 9.97. The van der Waals surface area contributed by atoms with Crippen molar-refractivity contribution >= 4 is 28.1 Å². The standard InChI is InChI=1S/C32H36N8O2/c1-5-28(41)39-16-15-38(20-27(39)18-33-3)31-30-34-19-26(17-24-12-7-11-23-10-6-9-22(2)29(23)24)40(30)36-32(35-31)42-21-25-13-8-14-37(25)4/h5-7,9-12,19,25,27H,1,8,13-18,20-21H2,2,4H3/t25-,27-/m0/s1. The summed E-state index contributed by atoms with van der Waals surface area (Å²) >= 11 is 0. The molecule has 42 heavy (non-hydrogen) atoms. The summed E-state index contributed by atoms with van der Waals surface area (Å²) in [5, 5.41) is 7.29. The number of carbonyl (C=O) groups is 1. The molecule has 2 aliphatic heterocycles. The van der Waals surface area contributed by atoms with Gasteiger partial charge in [-0.15, -0.1) is 5.10 Å². The van der Waals surface area contributed by atoms with E-state index in [1.54, 1.807) is 4.90 Å². The summed E-state index contributed by atoms with van der Waals surface area (Å²) in [5.41, 5.74) is 4.01. The van der Waals surface area contributed by atoms with E-state index in [1.807, 2.05) is 10.7 Å². The highest BCUT2D eigenvalue weighted by Gasteiger charge is 2.34. The summed E-state index contributed by atoms with van der Waals surface area (Å²) < 4.78 is 8.11. The van der Waals surface area contributed by atoms with E-state index < -0.39 is 0 Å². The molecule has 4 heterocycles. The van der Waals surface area contributed by atoms with Gasteiger partial charge >= 0.3 is 6.01 Å². The van der Waals surface area contributed by atoms with E-state index >= 15 is 0 Å². The number of aryl methyl sites for hydroxylation is 1. The molecule has 2 saturated heterocycles. The number of piperazine rings is 1. The van der Waals surface area contributed by atoms with Crippen molar-refractivity contribution in [1.29, 1.82) is 0 Å². The summed E-state index contributed by atoms with van der Waals surface area (Å²) in [6.45, 7) is 16.5. The largest absolute Gasteiger partial charge is 0.461 e. The highest BCUT2D eigenvalue weighted by Crippen LogP contribution is 2.28. The van der Waals surface area contributed by atoms with E-state index in [0.717, 1.165) is 25.1 Å². The molecule has 10 heteroatoms. The number of likely N-dealkylation sites (N-methyl/N-ethyl adjacent to an activating group) is 1. The first kappa shape index (κ1) is 27.7. The number of hydrogen-bond donors (Lipinski definition) is 0. The molecule has 2 aliphatic rings. The van der Waals surface area contributed by atoms with E-state index in [1.165, 1.54) is 28.0 Å². The van der Waals surface area contributed by atoms with Crippen molar-refractivity contribution in [3.63, 3.8) is 0 Å². The molecule has 0 bridgehead atoms. The van der Waals surface area contributed by atoms with Gasteiger partial charge in [0.2, 0.25) is 12.5 Å². The summed E-state index contributed by atoms with van der Waals surface area (Å²) in [4.78, 5) is 31.9. The molecule has 0 saturated carbocycles. The van der Waals surface area contributed by atoms with Crippen LogP contribution in [0.2, 0.25) is 0 Å². The van der Waals surface area contributed by atoms with Gasteiger partial charge in [0, 0.05) is 32.1 Å². The lowest BCUT2D eigenvalue weighted by Crippen LogP contribution is -2.56. The second-order valence-electron chi connectivity index (χ2n) is 11.2. The molecule has 1 amide bonds. The van der Waals surface area contributed by atoms with E-state index in [2.05, 4.69) is 71.6 Å². The van der Waals surface area contributed by atoms with Crippen molar-refractivity contribution in [1.82, 2.24) is 29.4 Å². The Balaban J connectivity index is 1.38. The van der Waals surface area contributed by atoms with Crippen LogP contribution in [0.3, 0.4) is 0 Å². The highest BCUT2D eigenvalue weighted by molar-refractivity contribution is 5.89. The Bertz CT molecular complexity index is 1670. The van der Waals surface area contributed by atoms with E-state index in [4.69, 9.17) is 26.4 Å². The predicted molar refractivity (Wildman–Crippen MR) is 163 cm³/mol. The number of carbonyl (C=O) groups excluding carboxylic acids is 1.